The van der Waals surface area contributed by atoms with Gasteiger partial charge >= 0.3 is 0 Å². The fourth-order valence-corrected chi connectivity index (χ4v) is 2.95. The molecule has 5 nitrogen and oxygen atoms in total. The van der Waals surface area contributed by atoms with E-state index in [2.05, 4.69) is 23.1 Å². The normalized spacial score (nSPS) is 14.7. The molecule has 3 rings (SSSR count). The molecular formula is C21H22N2O3. The van der Waals surface area contributed by atoms with Gasteiger partial charge in [-0.25, -0.2) is 0 Å². The van der Waals surface area contributed by atoms with Crippen molar-refractivity contribution >= 4 is 17.3 Å². The quantitative estimate of drug-likeness (QED) is 0.609. The minimum absolute atomic E-state index is 0.574. The summed E-state index contributed by atoms with van der Waals surface area (Å²) in [6, 6.07) is 16.0. The topological polar surface area (TPSA) is 54.7 Å². The number of methoxy groups -OCH3 is 2. The number of benzene rings is 2. The highest BCUT2D eigenvalue weighted by Crippen LogP contribution is 2.31. The van der Waals surface area contributed by atoms with Gasteiger partial charge < -0.3 is 19.1 Å². The van der Waals surface area contributed by atoms with Crippen molar-refractivity contribution in [2.24, 2.45) is 0 Å². The van der Waals surface area contributed by atoms with E-state index in [0.29, 0.717) is 17.1 Å². The summed E-state index contributed by atoms with van der Waals surface area (Å²) in [5, 5.41) is 9.58. The first-order chi connectivity index (χ1) is 12.7. The molecule has 0 aliphatic carbocycles. The third-order valence-corrected chi connectivity index (χ3v) is 4.40. The Labute approximate surface area is 154 Å². The first-order valence-corrected chi connectivity index (χ1v) is 8.52. The number of hydrogen-bond acceptors (Lipinski definition) is 5. The summed E-state index contributed by atoms with van der Waals surface area (Å²) in [5.74, 6) is 1.25. The second-order valence-corrected chi connectivity index (χ2v) is 5.93. The third kappa shape index (κ3) is 3.98. The summed E-state index contributed by atoms with van der Waals surface area (Å²) < 4.78 is 16.0. The first kappa shape index (κ1) is 17.8. The van der Waals surface area contributed by atoms with Gasteiger partial charge in [-0.3, -0.25) is 0 Å². The Morgan fingerprint density at radius 1 is 1.04 bits per heavy atom. The predicted octanol–water partition coefficient (Wildman–Crippen LogP) is 3.60. The molecule has 0 amide bonds. The van der Waals surface area contributed by atoms with Crippen molar-refractivity contribution in [1.29, 1.82) is 5.26 Å². The minimum Gasteiger partial charge on any atom is -0.493 e. The largest absolute Gasteiger partial charge is 0.493 e. The number of ether oxygens (including phenoxy) is 3. The summed E-state index contributed by atoms with van der Waals surface area (Å²) >= 11 is 0. The number of morpholine rings is 1. The second kappa shape index (κ2) is 8.41. The highest BCUT2D eigenvalue weighted by Gasteiger charge is 2.11. The Morgan fingerprint density at radius 3 is 2.35 bits per heavy atom. The van der Waals surface area contributed by atoms with Gasteiger partial charge in [-0.05, 0) is 47.5 Å². The van der Waals surface area contributed by atoms with Crippen molar-refractivity contribution in [2.75, 3.05) is 45.4 Å². The Morgan fingerprint density at radius 2 is 1.73 bits per heavy atom. The van der Waals surface area contributed by atoms with Crippen LogP contribution < -0.4 is 14.4 Å². The highest BCUT2D eigenvalue weighted by atomic mass is 16.5. The van der Waals surface area contributed by atoms with E-state index in [-0.39, 0.29) is 0 Å². The molecule has 1 heterocycles. The van der Waals surface area contributed by atoms with Gasteiger partial charge in [0.1, 0.15) is 0 Å². The van der Waals surface area contributed by atoms with Crippen LogP contribution in [0.3, 0.4) is 0 Å². The van der Waals surface area contributed by atoms with Crippen molar-refractivity contribution < 1.29 is 14.2 Å². The van der Waals surface area contributed by atoms with Crippen LogP contribution in [-0.4, -0.2) is 40.5 Å². The van der Waals surface area contributed by atoms with Crippen molar-refractivity contribution in [3.05, 3.63) is 53.6 Å². The summed E-state index contributed by atoms with van der Waals surface area (Å²) in [5.41, 5.74) is 3.52. The van der Waals surface area contributed by atoms with Gasteiger partial charge in [0.15, 0.2) is 11.5 Å². The van der Waals surface area contributed by atoms with Crippen molar-refractivity contribution in [1.82, 2.24) is 0 Å². The van der Waals surface area contributed by atoms with Gasteiger partial charge in [-0.1, -0.05) is 12.1 Å². The van der Waals surface area contributed by atoms with E-state index in [1.165, 1.54) is 5.69 Å². The van der Waals surface area contributed by atoms with Crippen LogP contribution >= 0.6 is 0 Å². The van der Waals surface area contributed by atoms with E-state index in [0.717, 1.165) is 37.4 Å². The van der Waals surface area contributed by atoms with Gasteiger partial charge in [0.25, 0.3) is 0 Å². The SMILES string of the molecule is COc1ccc(C(C#N)=Cc2ccc(N3CCOCC3)cc2)cc1OC. The van der Waals surface area contributed by atoms with Gasteiger partial charge in [0, 0.05) is 18.8 Å². The van der Waals surface area contributed by atoms with E-state index >= 15 is 0 Å². The van der Waals surface area contributed by atoms with Crippen LogP contribution in [0.1, 0.15) is 11.1 Å². The van der Waals surface area contributed by atoms with E-state index in [4.69, 9.17) is 14.2 Å². The molecule has 5 heteroatoms. The summed E-state index contributed by atoms with van der Waals surface area (Å²) in [6.45, 7) is 3.34. The standard InChI is InChI=1S/C21H22N2O3/c1-24-20-8-5-17(14-21(20)25-2)18(15-22)13-16-3-6-19(7-4-16)23-9-11-26-12-10-23/h3-8,13-14H,9-12H2,1-2H3. The predicted molar refractivity (Wildman–Crippen MR) is 103 cm³/mol. The number of allylic oxidation sites excluding steroid dienone is 1. The Kier molecular flexibility index (Phi) is 5.77. The zero-order valence-electron chi connectivity index (χ0n) is 15.1. The van der Waals surface area contributed by atoms with Crippen LogP contribution in [0.4, 0.5) is 5.69 Å². The zero-order chi connectivity index (χ0) is 18.4. The maximum atomic E-state index is 9.58. The fraction of sp³-hybridized carbons (Fsp3) is 0.286. The van der Waals surface area contributed by atoms with E-state index in [9.17, 15) is 5.26 Å². The Balaban J connectivity index is 1.84. The van der Waals surface area contributed by atoms with Gasteiger partial charge in [-0.15, -0.1) is 0 Å². The Bertz CT molecular complexity index is 816. The van der Waals surface area contributed by atoms with Crippen LogP contribution in [0.2, 0.25) is 0 Å². The molecule has 1 aliphatic heterocycles. The zero-order valence-corrected chi connectivity index (χ0v) is 15.1. The molecular weight excluding hydrogens is 328 g/mol. The number of nitrogens with zero attached hydrogens (tertiary/aromatic N) is 2. The first-order valence-electron chi connectivity index (χ1n) is 8.52. The molecule has 134 valence electrons. The molecule has 26 heavy (non-hydrogen) atoms. The maximum Gasteiger partial charge on any atom is 0.161 e. The second-order valence-electron chi connectivity index (χ2n) is 5.93. The molecule has 2 aromatic rings. The lowest BCUT2D eigenvalue weighted by atomic mass is 10.0. The molecule has 0 spiro atoms. The number of nitriles is 1. The molecule has 0 unspecified atom stereocenters. The smallest absolute Gasteiger partial charge is 0.161 e. The van der Waals surface area contributed by atoms with Crippen molar-refractivity contribution in [3.8, 4) is 17.6 Å². The van der Waals surface area contributed by atoms with Crippen LogP contribution in [0.15, 0.2) is 42.5 Å². The average molecular weight is 350 g/mol. The van der Waals surface area contributed by atoms with Crippen LogP contribution in [0, 0.1) is 11.3 Å². The van der Waals surface area contributed by atoms with Gasteiger partial charge in [0.05, 0.1) is 39.1 Å². The summed E-state index contributed by atoms with van der Waals surface area (Å²) in [7, 11) is 3.18. The van der Waals surface area contributed by atoms with Crippen LogP contribution in [0.25, 0.3) is 11.6 Å². The highest BCUT2D eigenvalue weighted by molar-refractivity contribution is 5.90. The molecule has 1 fully saturated rings. The molecule has 0 aromatic heterocycles. The minimum atomic E-state index is 0.574. The van der Waals surface area contributed by atoms with Crippen LogP contribution in [-0.2, 0) is 4.74 Å². The van der Waals surface area contributed by atoms with Gasteiger partial charge in [-0.2, -0.15) is 5.26 Å². The lowest BCUT2D eigenvalue weighted by molar-refractivity contribution is 0.122. The molecule has 1 saturated heterocycles. The lowest BCUT2D eigenvalue weighted by Crippen LogP contribution is -2.36. The number of anilines is 1. The number of hydrogen-bond donors (Lipinski definition) is 0. The Hall–Kier alpha value is -2.97. The molecule has 0 saturated carbocycles. The summed E-state index contributed by atoms with van der Waals surface area (Å²) in [4.78, 5) is 2.30. The summed E-state index contributed by atoms with van der Waals surface area (Å²) in [6.07, 6.45) is 1.88. The van der Waals surface area contributed by atoms with Crippen LogP contribution in [0.5, 0.6) is 11.5 Å². The molecule has 1 aliphatic rings. The fourth-order valence-electron chi connectivity index (χ4n) is 2.95. The molecule has 2 aromatic carbocycles. The molecule has 0 radical (unpaired) electrons. The molecule has 0 N–H and O–H groups in total. The molecule has 0 atom stereocenters. The third-order valence-electron chi connectivity index (χ3n) is 4.40. The lowest BCUT2D eigenvalue weighted by Gasteiger charge is -2.28. The maximum absolute atomic E-state index is 9.58. The van der Waals surface area contributed by atoms with E-state index in [1.807, 2.05) is 30.3 Å². The van der Waals surface area contributed by atoms with Gasteiger partial charge in [0.2, 0.25) is 0 Å². The van der Waals surface area contributed by atoms with E-state index < -0.39 is 0 Å². The molecule has 0 bridgehead atoms. The monoisotopic (exact) mass is 350 g/mol. The van der Waals surface area contributed by atoms with Crippen molar-refractivity contribution in [2.45, 2.75) is 0 Å². The van der Waals surface area contributed by atoms with Crippen molar-refractivity contribution in [3.63, 3.8) is 0 Å². The number of rotatable bonds is 5. The average Bonchev–Trinajstić information content (AvgIpc) is 2.72. The van der Waals surface area contributed by atoms with E-state index in [1.54, 1.807) is 20.3 Å².